The van der Waals surface area contributed by atoms with Gasteiger partial charge in [-0.3, -0.25) is 0 Å². The Morgan fingerprint density at radius 1 is 1.00 bits per heavy atom. The van der Waals surface area contributed by atoms with Gasteiger partial charge in [-0.05, 0) is 37.7 Å². The van der Waals surface area contributed by atoms with Gasteiger partial charge in [-0.1, -0.05) is 6.07 Å². The van der Waals surface area contributed by atoms with Crippen LogP contribution in [0.5, 0.6) is 5.75 Å². The van der Waals surface area contributed by atoms with Crippen LogP contribution in [0.2, 0.25) is 0 Å². The van der Waals surface area contributed by atoms with E-state index in [1.165, 1.54) is 0 Å². The predicted octanol–water partition coefficient (Wildman–Crippen LogP) is 3.01. The lowest BCUT2D eigenvalue weighted by molar-refractivity contribution is 0.145. The lowest BCUT2D eigenvalue weighted by atomic mass is 10.2. The molecule has 10 nitrogen and oxygen atoms in total. The average molecular weight is 474 g/mol. The van der Waals surface area contributed by atoms with Gasteiger partial charge in [0.15, 0.2) is 0 Å². The van der Waals surface area contributed by atoms with Gasteiger partial charge in [0, 0.05) is 56.9 Å². The summed E-state index contributed by atoms with van der Waals surface area (Å²) in [5.74, 6) is 1.52. The molecule has 0 radical (unpaired) electrons. The Kier molecular flexibility index (Phi) is 7.01. The molecule has 0 bridgehead atoms. The summed E-state index contributed by atoms with van der Waals surface area (Å²) in [5.41, 5.74) is 3.47. The molecule has 0 amide bonds. The zero-order valence-electron chi connectivity index (χ0n) is 20.2. The van der Waals surface area contributed by atoms with Crippen molar-refractivity contribution >= 4 is 28.1 Å². The Morgan fingerprint density at radius 2 is 1.83 bits per heavy atom. The molecule has 1 saturated heterocycles. The number of benzene rings is 2. The first-order chi connectivity index (χ1) is 17.2. The summed E-state index contributed by atoms with van der Waals surface area (Å²) in [5, 5.41) is 16.0. The Hall–Kier alpha value is -3.76. The maximum absolute atomic E-state index is 6.17. The zero-order chi connectivity index (χ0) is 24.0. The van der Waals surface area contributed by atoms with Crippen LogP contribution in [0, 0.1) is 0 Å². The number of likely N-dealkylation sites (N-methyl/N-ethyl adjacent to an activating group) is 1. The van der Waals surface area contributed by atoms with Crippen molar-refractivity contribution in [2.45, 2.75) is 6.42 Å². The monoisotopic (exact) mass is 473 g/mol. The van der Waals surface area contributed by atoms with Crippen LogP contribution in [0.1, 0.15) is 6.42 Å². The van der Waals surface area contributed by atoms with Gasteiger partial charge in [-0.25, -0.2) is 9.97 Å². The van der Waals surface area contributed by atoms with Gasteiger partial charge in [-0.2, -0.15) is 15.0 Å². The topological polar surface area (TPSA) is 96.3 Å². The number of piperazine rings is 1. The van der Waals surface area contributed by atoms with Crippen LogP contribution in [0.4, 0.5) is 17.2 Å². The SMILES string of the molecule is CNc1cc2c(Nc3cccc(-n4nccn4)c3)ncnc2cc1OCCCN1CCN(C)CC1. The predicted molar refractivity (Wildman–Crippen MR) is 138 cm³/mol. The van der Waals surface area contributed by atoms with E-state index >= 15 is 0 Å². The van der Waals surface area contributed by atoms with E-state index in [0.29, 0.717) is 6.61 Å². The number of ether oxygens (including phenoxy) is 1. The van der Waals surface area contributed by atoms with Crippen molar-refractivity contribution in [1.82, 2.24) is 34.8 Å². The summed E-state index contributed by atoms with van der Waals surface area (Å²) in [6.45, 7) is 6.24. The minimum absolute atomic E-state index is 0.664. The average Bonchev–Trinajstić information content (AvgIpc) is 3.43. The summed E-state index contributed by atoms with van der Waals surface area (Å²) in [6.07, 6.45) is 5.87. The minimum atomic E-state index is 0.664. The Balaban J connectivity index is 1.29. The number of fused-ring (bicyclic) bond motifs is 1. The molecule has 0 spiro atoms. The lowest BCUT2D eigenvalue weighted by Gasteiger charge is -2.32. The van der Waals surface area contributed by atoms with Crippen LogP contribution in [0.15, 0.2) is 55.1 Å². The van der Waals surface area contributed by atoms with Crippen LogP contribution in [0.3, 0.4) is 0 Å². The van der Waals surface area contributed by atoms with Gasteiger partial charge in [0.05, 0.1) is 35.9 Å². The molecule has 2 N–H and O–H groups in total. The fourth-order valence-corrected chi connectivity index (χ4v) is 4.23. The highest BCUT2D eigenvalue weighted by molar-refractivity contribution is 5.94. The van der Waals surface area contributed by atoms with Gasteiger partial charge in [0.1, 0.15) is 17.9 Å². The van der Waals surface area contributed by atoms with Crippen LogP contribution in [-0.2, 0) is 0 Å². The molecule has 3 heterocycles. The van der Waals surface area contributed by atoms with E-state index in [0.717, 1.165) is 78.7 Å². The van der Waals surface area contributed by atoms with E-state index in [9.17, 15) is 0 Å². The summed E-state index contributed by atoms with van der Waals surface area (Å²) in [6, 6.07) is 11.9. The second-order valence-corrected chi connectivity index (χ2v) is 8.68. The number of rotatable bonds is 9. The van der Waals surface area contributed by atoms with Crippen LogP contribution in [0.25, 0.3) is 16.6 Å². The van der Waals surface area contributed by atoms with Crippen molar-refractivity contribution in [2.24, 2.45) is 0 Å². The van der Waals surface area contributed by atoms with Gasteiger partial charge >= 0.3 is 0 Å². The molecule has 1 fully saturated rings. The molecule has 1 aliphatic heterocycles. The van der Waals surface area contributed by atoms with E-state index < -0.39 is 0 Å². The second-order valence-electron chi connectivity index (χ2n) is 8.68. The smallest absolute Gasteiger partial charge is 0.144 e. The normalized spacial score (nSPS) is 14.8. The number of nitrogens with zero attached hydrogens (tertiary/aromatic N) is 7. The molecule has 0 saturated carbocycles. The number of aromatic nitrogens is 5. The molecule has 0 aliphatic carbocycles. The molecule has 35 heavy (non-hydrogen) atoms. The van der Waals surface area contributed by atoms with Crippen LogP contribution in [-0.4, -0.2) is 88.2 Å². The van der Waals surface area contributed by atoms with E-state index in [1.54, 1.807) is 23.5 Å². The zero-order valence-corrected chi connectivity index (χ0v) is 20.2. The number of hydrogen-bond acceptors (Lipinski definition) is 9. The molecule has 4 aromatic rings. The van der Waals surface area contributed by atoms with E-state index in [2.05, 4.69) is 47.6 Å². The summed E-state index contributed by atoms with van der Waals surface area (Å²) >= 11 is 0. The largest absolute Gasteiger partial charge is 0.491 e. The second kappa shape index (κ2) is 10.7. The Bertz CT molecular complexity index is 1250. The fourth-order valence-electron chi connectivity index (χ4n) is 4.23. The highest BCUT2D eigenvalue weighted by Gasteiger charge is 2.14. The van der Waals surface area contributed by atoms with E-state index in [4.69, 9.17) is 4.74 Å². The molecule has 0 unspecified atom stereocenters. The van der Waals surface area contributed by atoms with Crippen molar-refractivity contribution in [3.8, 4) is 11.4 Å². The third kappa shape index (κ3) is 5.50. The Labute approximate surface area is 204 Å². The molecule has 1 aliphatic rings. The quantitative estimate of drug-likeness (QED) is 0.356. The van der Waals surface area contributed by atoms with Crippen molar-refractivity contribution < 1.29 is 4.74 Å². The first kappa shape index (κ1) is 23.0. The number of anilines is 3. The maximum Gasteiger partial charge on any atom is 0.144 e. The van der Waals surface area contributed by atoms with Gasteiger partial charge in [0.25, 0.3) is 0 Å². The maximum atomic E-state index is 6.17. The first-order valence-corrected chi connectivity index (χ1v) is 11.9. The van der Waals surface area contributed by atoms with Gasteiger partial charge < -0.3 is 25.2 Å². The van der Waals surface area contributed by atoms with Crippen LogP contribution < -0.4 is 15.4 Å². The van der Waals surface area contributed by atoms with Gasteiger partial charge in [0.2, 0.25) is 0 Å². The van der Waals surface area contributed by atoms with Crippen molar-refractivity contribution in [1.29, 1.82) is 0 Å². The molecule has 2 aromatic heterocycles. The molecule has 182 valence electrons. The van der Waals surface area contributed by atoms with Crippen LogP contribution >= 0.6 is 0 Å². The molecule has 5 rings (SSSR count). The fraction of sp³-hybridized carbons (Fsp3) is 0.360. The molecule has 10 heteroatoms. The van der Waals surface area contributed by atoms with Crippen molar-refractivity contribution in [3.63, 3.8) is 0 Å². The highest BCUT2D eigenvalue weighted by Crippen LogP contribution is 2.33. The molecule has 2 aromatic carbocycles. The van der Waals surface area contributed by atoms with E-state index in [-0.39, 0.29) is 0 Å². The van der Waals surface area contributed by atoms with Crippen molar-refractivity contribution in [2.75, 3.05) is 64.1 Å². The van der Waals surface area contributed by atoms with E-state index in [1.807, 2.05) is 43.4 Å². The lowest BCUT2D eigenvalue weighted by Crippen LogP contribution is -2.44. The number of hydrogen-bond donors (Lipinski definition) is 2. The highest BCUT2D eigenvalue weighted by atomic mass is 16.5. The molecular formula is C25H31N9O. The van der Waals surface area contributed by atoms with Gasteiger partial charge in [-0.15, -0.1) is 0 Å². The standard InChI is InChI=1S/C25H31N9O/c1-26-23-16-21-22(17-24(23)35-14-4-9-33-12-10-32(2)11-13-33)27-18-28-25(21)31-19-5-3-6-20(15-19)34-29-7-8-30-34/h3,5-8,15-18,26H,4,9-14H2,1-2H3,(H,27,28,31). The third-order valence-electron chi connectivity index (χ3n) is 6.24. The van der Waals surface area contributed by atoms with Crippen molar-refractivity contribution in [3.05, 3.63) is 55.1 Å². The molecule has 0 atom stereocenters. The third-order valence-corrected chi connectivity index (χ3v) is 6.24. The summed E-state index contributed by atoms with van der Waals surface area (Å²) in [7, 11) is 4.08. The first-order valence-electron chi connectivity index (χ1n) is 11.9. The summed E-state index contributed by atoms with van der Waals surface area (Å²) < 4.78 is 6.17. The molecular weight excluding hydrogens is 442 g/mol. The summed E-state index contributed by atoms with van der Waals surface area (Å²) in [4.78, 5) is 15.4. The number of nitrogens with one attached hydrogen (secondary N) is 2. The Morgan fingerprint density at radius 3 is 2.63 bits per heavy atom. The minimum Gasteiger partial charge on any atom is -0.491 e.